The van der Waals surface area contributed by atoms with E-state index in [1.165, 1.54) is 6.07 Å². The summed E-state index contributed by atoms with van der Waals surface area (Å²) in [6.45, 7) is 0.870. The molecule has 2 N–H and O–H groups in total. The van der Waals surface area contributed by atoms with Gasteiger partial charge in [0.05, 0.1) is 25.3 Å². The summed E-state index contributed by atoms with van der Waals surface area (Å²) in [5, 5.41) is 6.75. The highest BCUT2D eigenvalue weighted by atomic mass is 79.9. The maximum absolute atomic E-state index is 15.2. The summed E-state index contributed by atoms with van der Waals surface area (Å²) in [6.07, 6.45) is 4.42. The van der Waals surface area contributed by atoms with Crippen LogP contribution in [0.2, 0.25) is 0 Å². The Hall–Kier alpha value is -4.48. The molecule has 11 heteroatoms. The molecule has 1 unspecified atom stereocenters. The first-order valence-corrected chi connectivity index (χ1v) is 15.1. The van der Waals surface area contributed by atoms with Gasteiger partial charge in [0.2, 0.25) is 11.8 Å². The van der Waals surface area contributed by atoms with Crippen molar-refractivity contribution in [3.63, 3.8) is 0 Å². The molecule has 0 spiro atoms. The third kappa shape index (κ3) is 4.95. The molecular weight excluding hydrogens is 629 g/mol. The van der Waals surface area contributed by atoms with Crippen molar-refractivity contribution in [2.24, 2.45) is 0 Å². The van der Waals surface area contributed by atoms with E-state index >= 15 is 4.39 Å². The van der Waals surface area contributed by atoms with Crippen molar-refractivity contribution in [3.05, 3.63) is 76.6 Å². The summed E-state index contributed by atoms with van der Waals surface area (Å²) in [6, 6.07) is 16.4. The Morgan fingerprint density at radius 2 is 1.80 bits per heavy atom. The lowest BCUT2D eigenvalue weighted by Crippen LogP contribution is -2.18. The molecule has 7 rings (SSSR count). The zero-order chi connectivity index (χ0) is 30.4. The van der Waals surface area contributed by atoms with E-state index in [9.17, 15) is 0 Å². The van der Waals surface area contributed by atoms with E-state index in [1.807, 2.05) is 42.6 Å². The molecular formula is C33H29BrFN5O4. The third-order valence-corrected chi connectivity index (χ3v) is 8.57. The predicted octanol–water partition coefficient (Wildman–Crippen LogP) is 7.58. The molecule has 44 heavy (non-hydrogen) atoms. The standard InChI is InChI=1S/C33H29BrFN5O4/c1-41-19-8-6-18(7-9-19)17-44-33-29(36)28(22-15-24(34)31-21(30(22)38-33)11-13-26(37-31)42-2)20-10-12-25(35)32-23(20)16-40(39-32)27-5-3-4-14-43-27/h6-13,15-16,27H,3-5,14,17,36H2,1-2H3. The van der Waals surface area contributed by atoms with Crippen LogP contribution in [0.1, 0.15) is 31.1 Å². The van der Waals surface area contributed by atoms with Crippen LogP contribution >= 0.6 is 15.9 Å². The number of hydrogen-bond donors (Lipinski definition) is 1. The molecule has 6 aromatic rings. The zero-order valence-corrected chi connectivity index (χ0v) is 25.7. The van der Waals surface area contributed by atoms with E-state index in [-0.39, 0.29) is 24.2 Å². The Balaban J connectivity index is 1.45. The minimum Gasteiger partial charge on any atom is -0.497 e. The maximum Gasteiger partial charge on any atom is 0.238 e. The normalized spacial score (nSPS) is 15.2. The van der Waals surface area contributed by atoms with E-state index in [2.05, 4.69) is 26.0 Å². The van der Waals surface area contributed by atoms with Crippen LogP contribution in [0, 0.1) is 5.82 Å². The average Bonchev–Trinajstić information content (AvgIpc) is 3.52. The van der Waals surface area contributed by atoms with Gasteiger partial charge in [-0.15, -0.1) is 0 Å². The van der Waals surface area contributed by atoms with Gasteiger partial charge in [0.25, 0.3) is 0 Å². The van der Waals surface area contributed by atoms with Crippen LogP contribution < -0.4 is 19.9 Å². The fraction of sp³-hybridized carbons (Fsp3) is 0.242. The number of fused-ring (bicyclic) bond motifs is 4. The van der Waals surface area contributed by atoms with E-state index in [4.69, 9.17) is 29.7 Å². The van der Waals surface area contributed by atoms with Gasteiger partial charge in [0, 0.05) is 45.1 Å². The molecule has 1 aliphatic heterocycles. The summed E-state index contributed by atoms with van der Waals surface area (Å²) >= 11 is 3.70. The molecule has 0 radical (unpaired) electrons. The van der Waals surface area contributed by atoms with Crippen LogP contribution in [0.5, 0.6) is 17.5 Å². The summed E-state index contributed by atoms with van der Waals surface area (Å²) in [5.74, 6) is 1.05. The Labute approximate surface area is 260 Å². The molecule has 1 saturated heterocycles. The number of rotatable bonds is 7. The Morgan fingerprint density at radius 3 is 2.55 bits per heavy atom. The van der Waals surface area contributed by atoms with E-state index in [1.54, 1.807) is 31.0 Å². The summed E-state index contributed by atoms with van der Waals surface area (Å²) < 4.78 is 40.6. The smallest absolute Gasteiger partial charge is 0.238 e. The molecule has 3 aromatic heterocycles. The predicted molar refractivity (Wildman–Crippen MR) is 171 cm³/mol. The number of hydrogen-bond acceptors (Lipinski definition) is 8. The maximum atomic E-state index is 15.2. The fourth-order valence-electron chi connectivity index (χ4n) is 5.72. The van der Waals surface area contributed by atoms with Crippen molar-refractivity contribution in [2.45, 2.75) is 32.1 Å². The molecule has 0 bridgehead atoms. The number of aromatic nitrogens is 4. The van der Waals surface area contributed by atoms with Gasteiger partial charge in [0.1, 0.15) is 29.8 Å². The first kappa shape index (κ1) is 28.3. The van der Waals surface area contributed by atoms with E-state index in [0.29, 0.717) is 45.7 Å². The minimum atomic E-state index is -0.422. The van der Waals surface area contributed by atoms with Gasteiger partial charge in [-0.3, -0.25) is 0 Å². The molecule has 3 aromatic carbocycles. The SMILES string of the molecule is COc1ccc(COc2nc3c(cc(Br)c4nc(OC)ccc43)c(-c3ccc(F)c4nn(C5CCCCO5)cc34)c2N)cc1. The second kappa shape index (κ2) is 11.5. The van der Waals surface area contributed by atoms with Crippen molar-refractivity contribution in [2.75, 3.05) is 26.6 Å². The number of nitrogens with two attached hydrogens (primary N) is 1. The lowest BCUT2D eigenvalue weighted by molar-refractivity contribution is -0.0391. The number of halogens is 2. The summed E-state index contributed by atoms with van der Waals surface area (Å²) in [7, 11) is 3.20. The molecule has 1 atom stereocenters. The largest absolute Gasteiger partial charge is 0.497 e. The third-order valence-electron chi connectivity index (χ3n) is 7.97. The van der Waals surface area contributed by atoms with Crippen LogP contribution in [0.25, 0.3) is 43.8 Å². The molecule has 4 heterocycles. The number of ether oxygens (including phenoxy) is 4. The Kier molecular flexibility index (Phi) is 7.43. The van der Waals surface area contributed by atoms with Gasteiger partial charge in [-0.05, 0) is 76.7 Å². The fourth-order valence-corrected chi connectivity index (χ4v) is 6.25. The van der Waals surface area contributed by atoms with E-state index < -0.39 is 5.82 Å². The topological polar surface area (TPSA) is 107 Å². The number of methoxy groups -OCH3 is 2. The average molecular weight is 659 g/mol. The molecule has 0 amide bonds. The van der Waals surface area contributed by atoms with Crippen LogP contribution in [-0.2, 0) is 11.3 Å². The molecule has 224 valence electrons. The van der Waals surface area contributed by atoms with Gasteiger partial charge in [-0.2, -0.15) is 5.10 Å². The number of benzene rings is 3. The minimum absolute atomic E-state index is 0.225. The lowest BCUT2D eigenvalue weighted by atomic mass is 9.95. The number of pyridine rings is 2. The summed E-state index contributed by atoms with van der Waals surface area (Å²) in [5.41, 5.74) is 11.1. The van der Waals surface area contributed by atoms with Crippen LogP contribution in [0.3, 0.4) is 0 Å². The molecule has 1 aliphatic rings. The molecule has 0 saturated carbocycles. The first-order valence-electron chi connectivity index (χ1n) is 14.3. The number of anilines is 1. The molecule has 1 fully saturated rings. The zero-order valence-electron chi connectivity index (χ0n) is 24.1. The first-order chi connectivity index (χ1) is 21.4. The molecule has 9 nitrogen and oxygen atoms in total. The van der Waals surface area contributed by atoms with Gasteiger partial charge < -0.3 is 24.7 Å². The second-order valence-corrected chi connectivity index (χ2v) is 11.5. The number of nitrogen functional groups attached to an aromatic ring is 1. The highest BCUT2D eigenvalue weighted by Crippen LogP contribution is 2.45. The Bertz CT molecular complexity index is 2030. The van der Waals surface area contributed by atoms with Crippen LogP contribution in [0.15, 0.2) is 65.3 Å². The lowest BCUT2D eigenvalue weighted by Gasteiger charge is -2.22. The number of nitrogens with zero attached hydrogens (tertiary/aromatic N) is 4. The molecule has 0 aliphatic carbocycles. The van der Waals surface area contributed by atoms with Gasteiger partial charge in [-0.1, -0.05) is 18.2 Å². The van der Waals surface area contributed by atoms with Gasteiger partial charge >= 0.3 is 0 Å². The Morgan fingerprint density at radius 1 is 0.955 bits per heavy atom. The van der Waals surface area contributed by atoms with Crippen LogP contribution in [-0.4, -0.2) is 40.6 Å². The summed E-state index contributed by atoms with van der Waals surface area (Å²) in [4.78, 5) is 9.58. The van der Waals surface area contributed by atoms with E-state index in [0.717, 1.165) is 45.8 Å². The van der Waals surface area contributed by atoms with Crippen molar-refractivity contribution < 1.29 is 23.3 Å². The second-order valence-electron chi connectivity index (χ2n) is 10.6. The van der Waals surface area contributed by atoms with Crippen molar-refractivity contribution in [1.82, 2.24) is 19.7 Å². The van der Waals surface area contributed by atoms with Crippen molar-refractivity contribution >= 4 is 54.3 Å². The quantitative estimate of drug-likeness (QED) is 0.175. The van der Waals surface area contributed by atoms with Crippen molar-refractivity contribution in [3.8, 4) is 28.6 Å². The van der Waals surface area contributed by atoms with Crippen LogP contribution in [0.4, 0.5) is 10.1 Å². The van der Waals surface area contributed by atoms with Gasteiger partial charge in [-0.25, -0.2) is 19.0 Å². The monoisotopic (exact) mass is 657 g/mol. The highest BCUT2D eigenvalue weighted by Gasteiger charge is 2.24. The highest BCUT2D eigenvalue weighted by molar-refractivity contribution is 9.10. The van der Waals surface area contributed by atoms with Crippen molar-refractivity contribution in [1.29, 1.82) is 0 Å². The van der Waals surface area contributed by atoms with Gasteiger partial charge in [0.15, 0.2) is 5.82 Å².